The van der Waals surface area contributed by atoms with Crippen molar-refractivity contribution in [2.75, 3.05) is 31.6 Å². The third-order valence-corrected chi connectivity index (χ3v) is 3.51. The molecule has 0 aliphatic rings. The second-order valence-electron chi connectivity index (χ2n) is 5.88. The summed E-state index contributed by atoms with van der Waals surface area (Å²) in [5, 5.41) is 15.2. The second-order valence-corrected chi connectivity index (χ2v) is 5.88. The van der Waals surface area contributed by atoms with E-state index in [-0.39, 0.29) is 37.9 Å². The highest BCUT2D eigenvalue weighted by molar-refractivity contribution is 5.30. The summed E-state index contributed by atoms with van der Waals surface area (Å²) in [7, 11) is 0. The molecule has 2 aromatic rings. The fraction of sp³-hybridized carbons (Fsp3) is 0.412. The number of aliphatic hydroxyl groups is 1. The predicted molar refractivity (Wildman–Crippen MR) is 91.3 cm³/mol. The first-order valence-electron chi connectivity index (χ1n) is 8.38. The van der Waals surface area contributed by atoms with Crippen molar-refractivity contribution in [3.63, 3.8) is 0 Å². The Bertz CT molecular complexity index is 785. The van der Waals surface area contributed by atoms with Crippen LogP contribution in [-0.4, -0.2) is 47.4 Å². The van der Waals surface area contributed by atoms with E-state index in [9.17, 15) is 31.4 Å². The number of rotatable bonds is 9. The van der Waals surface area contributed by atoms with Crippen LogP contribution in [0.15, 0.2) is 36.5 Å². The number of aromatic nitrogens is 2. The molecule has 29 heavy (non-hydrogen) atoms. The average Bonchev–Trinajstić information content (AvgIpc) is 2.65. The minimum Gasteiger partial charge on any atom is -0.491 e. The Balaban J connectivity index is 1.67. The molecule has 0 unspecified atom stereocenters. The first-order chi connectivity index (χ1) is 13.6. The lowest BCUT2D eigenvalue weighted by molar-refractivity contribution is -0.141. The van der Waals surface area contributed by atoms with Gasteiger partial charge in [0.15, 0.2) is 0 Å². The molecule has 3 N–H and O–H groups in total. The topological polar surface area (TPSA) is 79.3 Å². The third kappa shape index (κ3) is 7.74. The van der Waals surface area contributed by atoms with Crippen molar-refractivity contribution in [3.05, 3.63) is 47.8 Å². The van der Waals surface area contributed by atoms with Crippen LogP contribution in [0.1, 0.15) is 11.3 Å². The van der Waals surface area contributed by atoms with Gasteiger partial charge in [0.05, 0.1) is 5.56 Å². The largest absolute Gasteiger partial charge is 0.491 e. The Morgan fingerprint density at radius 2 is 1.79 bits per heavy atom. The van der Waals surface area contributed by atoms with Gasteiger partial charge in [-0.15, -0.1) is 0 Å². The Labute approximate surface area is 161 Å². The van der Waals surface area contributed by atoms with E-state index in [4.69, 9.17) is 4.74 Å². The number of halogens is 6. The molecule has 0 spiro atoms. The van der Waals surface area contributed by atoms with Crippen LogP contribution in [0.2, 0.25) is 0 Å². The van der Waals surface area contributed by atoms with Gasteiger partial charge in [-0.05, 0) is 24.3 Å². The molecule has 12 heteroatoms. The zero-order valence-corrected chi connectivity index (χ0v) is 14.9. The van der Waals surface area contributed by atoms with Crippen LogP contribution in [-0.2, 0) is 12.4 Å². The molecule has 160 valence electrons. The van der Waals surface area contributed by atoms with Crippen LogP contribution in [0.4, 0.5) is 32.3 Å². The van der Waals surface area contributed by atoms with Crippen LogP contribution in [0.5, 0.6) is 5.75 Å². The van der Waals surface area contributed by atoms with Crippen LogP contribution in [0.3, 0.4) is 0 Å². The number of hydrogen-bond acceptors (Lipinski definition) is 6. The molecule has 1 aromatic carbocycles. The number of nitrogens with zero attached hydrogens (tertiary/aromatic N) is 2. The highest BCUT2D eigenvalue weighted by Crippen LogP contribution is 2.31. The first-order valence-corrected chi connectivity index (χ1v) is 8.38. The fourth-order valence-electron chi connectivity index (χ4n) is 2.15. The molecule has 0 radical (unpaired) electrons. The lowest BCUT2D eigenvalue weighted by Crippen LogP contribution is -2.34. The van der Waals surface area contributed by atoms with E-state index in [0.29, 0.717) is 0 Å². The molecule has 1 aromatic heterocycles. The molecule has 0 aliphatic carbocycles. The summed E-state index contributed by atoms with van der Waals surface area (Å²) in [5.41, 5.74) is -1.92. The van der Waals surface area contributed by atoms with Gasteiger partial charge in [0, 0.05) is 25.8 Å². The van der Waals surface area contributed by atoms with Crippen LogP contribution in [0.25, 0.3) is 0 Å². The minimum absolute atomic E-state index is 0.0257. The summed E-state index contributed by atoms with van der Waals surface area (Å²) in [6.07, 6.45) is -9.08. The van der Waals surface area contributed by atoms with Gasteiger partial charge in [-0.25, -0.2) is 9.97 Å². The van der Waals surface area contributed by atoms with Gasteiger partial charge >= 0.3 is 12.4 Å². The highest BCUT2D eigenvalue weighted by atomic mass is 19.4. The SMILES string of the molecule is O[C@@H](CNCCNc1nccc(C(F)(F)F)n1)COc1cccc(C(F)(F)F)c1. The van der Waals surface area contributed by atoms with Crippen molar-refractivity contribution in [1.82, 2.24) is 15.3 Å². The van der Waals surface area contributed by atoms with Crippen LogP contribution < -0.4 is 15.4 Å². The number of hydrogen-bond donors (Lipinski definition) is 3. The highest BCUT2D eigenvalue weighted by Gasteiger charge is 2.32. The molecule has 0 amide bonds. The Kier molecular flexibility index (Phi) is 7.62. The summed E-state index contributed by atoms with van der Waals surface area (Å²) >= 11 is 0. The van der Waals surface area contributed by atoms with Crippen molar-refractivity contribution in [2.24, 2.45) is 0 Å². The molecule has 2 rings (SSSR count). The predicted octanol–water partition coefficient (Wildman–Crippen LogP) is 2.96. The van der Waals surface area contributed by atoms with Gasteiger partial charge < -0.3 is 20.5 Å². The fourth-order valence-corrected chi connectivity index (χ4v) is 2.15. The molecule has 0 saturated carbocycles. The summed E-state index contributed by atoms with van der Waals surface area (Å²) < 4.78 is 80.7. The molecule has 1 heterocycles. The van der Waals surface area contributed by atoms with E-state index in [1.165, 1.54) is 12.1 Å². The van der Waals surface area contributed by atoms with E-state index in [1.807, 2.05) is 0 Å². The lowest BCUT2D eigenvalue weighted by atomic mass is 10.2. The lowest BCUT2D eigenvalue weighted by Gasteiger charge is -2.14. The number of alkyl halides is 6. The summed E-state index contributed by atoms with van der Waals surface area (Å²) in [4.78, 5) is 7.01. The summed E-state index contributed by atoms with van der Waals surface area (Å²) in [6, 6.07) is 5.04. The summed E-state index contributed by atoms with van der Waals surface area (Å²) in [6.45, 7) is 0.269. The van der Waals surface area contributed by atoms with Crippen LogP contribution >= 0.6 is 0 Å². The van der Waals surface area contributed by atoms with Crippen molar-refractivity contribution in [2.45, 2.75) is 18.5 Å². The quantitative estimate of drug-likeness (QED) is 0.425. The van der Waals surface area contributed by atoms with E-state index >= 15 is 0 Å². The molecule has 0 bridgehead atoms. The molecular formula is C17H18F6N4O2. The minimum atomic E-state index is -4.57. The zero-order chi connectivity index (χ0) is 21.5. The van der Waals surface area contributed by atoms with Crippen molar-refractivity contribution >= 4 is 5.95 Å². The van der Waals surface area contributed by atoms with Gasteiger partial charge in [-0.1, -0.05) is 6.07 Å². The van der Waals surface area contributed by atoms with E-state index in [1.54, 1.807) is 0 Å². The molecule has 0 fully saturated rings. The maximum absolute atomic E-state index is 12.6. The monoisotopic (exact) mass is 424 g/mol. The average molecular weight is 424 g/mol. The number of nitrogens with one attached hydrogen (secondary N) is 2. The van der Waals surface area contributed by atoms with E-state index < -0.39 is 29.7 Å². The van der Waals surface area contributed by atoms with E-state index in [0.717, 1.165) is 24.4 Å². The Morgan fingerprint density at radius 1 is 1.03 bits per heavy atom. The normalized spacial score (nSPS) is 13.2. The van der Waals surface area contributed by atoms with Crippen molar-refractivity contribution in [1.29, 1.82) is 0 Å². The summed E-state index contributed by atoms with van der Waals surface area (Å²) in [5.74, 6) is -0.211. The van der Waals surface area contributed by atoms with Gasteiger partial charge in [-0.2, -0.15) is 26.3 Å². The maximum Gasteiger partial charge on any atom is 0.433 e. The van der Waals surface area contributed by atoms with Gasteiger partial charge in [0.1, 0.15) is 24.2 Å². The standard InChI is InChI=1S/C17H18F6N4O2/c18-16(19,20)11-2-1-3-13(8-11)29-10-12(28)9-24-6-7-26-15-25-5-4-14(27-15)17(21,22)23/h1-5,8,12,24,28H,6-7,9-10H2,(H,25,26,27)/t12-/m0/s1. The maximum atomic E-state index is 12.6. The van der Waals surface area contributed by atoms with Crippen molar-refractivity contribution in [3.8, 4) is 5.75 Å². The Hall–Kier alpha value is -2.60. The number of ether oxygens (including phenoxy) is 1. The first kappa shape index (κ1) is 22.7. The molecule has 1 atom stereocenters. The number of aliphatic hydroxyl groups excluding tert-OH is 1. The van der Waals surface area contributed by atoms with E-state index in [2.05, 4.69) is 20.6 Å². The van der Waals surface area contributed by atoms with Crippen LogP contribution in [0, 0.1) is 0 Å². The smallest absolute Gasteiger partial charge is 0.433 e. The third-order valence-electron chi connectivity index (χ3n) is 3.51. The molecule has 0 saturated heterocycles. The van der Waals surface area contributed by atoms with Crippen molar-refractivity contribution < 1.29 is 36.2 Å². The Morgan fingerprint density at radius 3 is 2.48 bits per heavy atom. The molecular weight excluding hydrogens is 406 g/mol. The number of benzene rings is 1. The second kappa shape index (κ2) is 9.74. The number of anilines is 1. The zero-order valence-electron chi connectivity index (χ0n) is 14.9. The van der Waals surface area contributed by atoms with Gasteiger partial charge in [0.2, 0.25) is 5.95 Å². The van der Waals surface area contributed by atoms with Gasteiger partial charge in [-0.3, -0.25) is 0 Å². The molecule has 6 nitrogen and oxygen atoms in total. The van der Waals surface area contributed by atoms with Gasteiger partial charge in [0.25, 0.3) is 0 Å². The molecule has 0 aliphatic heterocycles.